The van der Waals surface area contributed by atoms with E-state index in [1.54, 1.807) is 0 Å². The minimum Gasteiger partial charge on any atom is -0.333 e. The van der Waals surface area contributed by atoms with Crippen LogP contribution in [0.2, 0.25) is 0 Å². The van der Waals surface area contributed by atoms with Gasteiger partial charge in [0, 0.05) is 22.9 Å². The molecular weight excluding hydrogens is 687 g/mol. The first kappa shape index (κ1) is 33.4. The number of anilines is 2. The second kappa shape index (κ2) is 14.0. The van der Waals surface area contributed by atoms with E-state index >= 15 is 0 Å². The van der Waals surface area contributed by atoms with E-state index in [4.69, 9.17) is 0 Å². The van der Waals surface area contributed by atoms with E-state index in [-0.39, 0.29) is 12.0 Å². The molecule has 0 saturated carbocycles. The van der Waals surface area contributed by atoms with Gasteiger partial charge in [0.25, 0.3) is 0 Å². The summed E-state index contributed by atoms with van der Waals surface area (Å²) in [6.07, 6.45) is 16.8. The molecular formula is C56H41N. The molecule has 0 bridgehead atoms. The molecule has 0 amide bonds. The Balaban J connectivity index is 1.12. The van der Waals surface area contributed by atoms with Gasteiger partial charge in [-0.05, 0) is 113 Å². The highest BCUT2D eigenvalue weighted by molar-refractivity contribution is 6.22. The van der Waals surface area contributed by atoms with Crippen LogP contribution in [0.3, 0.4) is 0 Å². The minimum atomic E-state index is 0.0150. The van der Waals surface area contributed by atoms with E-state index < -0.39 is 0 Å². The van der Waals surface area contributed by atoms with Crippen LogP contribution < -0.4 is 4.90 Å². The van der Waals surface area contributed by atoms with Gasteiger partial charge in [-0.1, -0.05) is 188 Å². The first-order valence-electron chi connectivity index (χ1n) is 20.2. The molecule has 0 aromatic heterocycles. The van der Waals surface area contributed by atoms with Gasteiger partial charge < -0.3 is 4.90 Å². The van der Waals surface area contributed by atoms with Crippen molar-refractivity contribution < 1.29 is 0 Å². The normalized spacial score (nSPS) is 16.7. The van der Waals surface area contributed by atoms with Crippen molar-refractivity contribution in [1.29, 1.82) is 0 Å². The van der Waals surface area contributed by atoms with Gasteiger partial charge in [-0.25, -0.2) is 0 Å². The monoisotopic (exact) mass is 727 g/mol. The van der Waals surface area contributed by atoms with Crippen molar-refractivity contribution >= 4 is 70.8 Å². The third kappa shape index (κ3) is 5.78. The molecule has 2 unspecified atom stereocenters. The third-order valence-corrected chi connectivity index (χ3v) is 12.2. The highest BCUT2D eigenvalue weighted by atomic mass is 15.2. The maximum atomic E-state index is 2.61. The summed E-state index contributed by atoms with van der Waals surface area (Å²) < 4.78 is 0. The van der Waals surface area contributed by atoms with E-state index in [9.17, 15) is 0 Å². The molecule has 2 atom stereocenters. The number of para-hydroxylation sites is 1. The van der Waals surface area contributed by atoms with E-state index in [0.29, 0.717) is 0 Å². The summed E-state index contributed by atoms with van der Waals surface area (Å²) in [5, 5.41) is 12.8. The minimum absolute atomic E-state index is 0.0150. The van der Waals surface area contributed by atoms with Gasteiger partial charge in [-0.3, -0.25) is 0 Å². The maximum absolute atomic E-state index is 2.61. The highest BCUT2D eigenvalue weighted by Crippen LogP contribution is 2.45. The second-order valence-corrected chi connectivity index (χ2v) is 15.5. The average Bonchev–Trinajstić information content (AvgIpc) is 3.29. The fraction of sp³-hybridized carbons (Fsp3) is 0.0714. The molecule has 9 aromatic rings. The van der Waals surface area contributed by atoms with Crippen molar-refractivity contribution in [2.24, 2.45) is 5.92 Å². The lowest BCUT2D eigenvalue weighted by Gasteiger charge is -2.40. The molecule has 11 rings (SSSR count). The Kier molecular flexibility index (Phi) is 8.18. The largest absolute Gasteiger partial charge is 0.333 e. The van der Waals surface area contributed by atoms with Crippen molar-refractivity contribution in [2.45, 2.75) is 18.9 Å². The number of fused-ring (bicyclic) bond motifs is 8. The predicted octanol–water partition coefficient (Wildman–Crippen LogP) is 15.2. The highest BCUT2D eigenvalue weighted by Gasteiger charge is 2.32. The third-order valence-electron chi connectivity index (χ3n) is 12.2. The number of allylic oxidation sites excluding steroid dienone is 5. The van der Waals surface area contributed by atoms with Gasteiger partial charge in [0.05, 0.1) is 6.04 Å². The van der Waals surface area contributed by atoms with Crippen molar-refractivity contribution in [3.05, 3.63) is 224 Å². The number of hydrogen-bond donors (Lipinski definition) is 0. The van der Waals surface area contributed by atoms with Crippen LogP contribution in [0.5, 0.6) is 0 Å². The van der Waals surface area contributed by atoms with Gasteiger partial charge in [0.15, 0.2) is 0 Å². The van der Waals surface area contributed by atoms with Crippen molar-refractivity contribution in [3.63, 3.8) is 0 Å². The molecule has 0 heterocycles. The van der Waals surface area contributed by atoms with Crippen molar-refractivity contribution in [3.8, 4) is 11.1 Å². The fourth-order valence-electron chi connectivity index (χ4n) is 9.56. The van der Waals surface area contributed by atoms with Crippen LogP contribution in [0.25, 0.3) is 70.6 Å². The summed E-state index contributed by atoms with van der Waals surface area (Å²) in [7, 11) is 0. The smallest absolute Gasteiger partial charge is 0.0629 e. The first-order chi connectivity index (χ1) is 28.3. The van der Waals surface area contributed by atoms with Crippen LogP contribution in [-0.2, 0) is 0 Å². The summed E-state index contributed by atoms with van der Waals surface area (Å²) in [5.41, 5.74) is 8.73. The molecule has 0 radical (unpaired) electrons. The number of hydrogen-bond acceptors (Lipinski definition) is 1. The van der Waals surface area contributed by atoms with Crippen LogP contribution in [0.1, 0.15) is 18.4 Å². The second-order valence-electron chi connectivity index (χ2n) is 15.5. The van der Waals surface area contributed by atoms with Gasteiger partial charge in [-0.2, -0.15) is 0 Å². The number of rotatable bonds is 6. The quantitative estimate of drug-likeness (QED) is 0.154. The maximum Gasteiger partial charge on any atom is 0.0629 e. The van der Waals surface area contributed by atoms with E-state index in [1.165, 1.54) is 93.1 Å². The molecule has 0 N–H and O–H groups in total. The average molecular weight is 728 g/mol. The molecule has 2 aliphatic carbocycles. The zero-order chi connectivity index (χ0) is 37.7. The molecule has 9 aromatic carbocycles. The Bertz CT molecular complexity index is 3140. The van der Waals surface area contributed by atoms with Crippen LogP contribution in [0.15, 0.2) is 218 Å². The standard InChI is InChI=1S/C56H41N/c1-3-15-38(16-4-1)48-22-13-14-26-54(48)57(45-32-33-47-42(35-45)29-27-40-19-7-9-21-46(40)47)55-34-31-43(36-53(55)39-17-5-2-6-18-39)52-37-44-30-28-41-20-8-10-23-49(41)56(44)51-25-12-11-24-50(51)52/h1,3-5,7-37,53,55H,2,6H2. The molecule has 270 valence electrons. The van der Waals surface area contributed by atoms with Crippen LogP contribution in [0, 0.1) is 5.92 Å². The van der Waals surface area contributed by atoms with Gasteiger partial charge >= 0.3 is 0 Å². The Hall–Kier alpha value is -6.96. The van der Waals surface area contributed by atoms with Gasteiger partial charge in [-0.15, -0.1) is 0 Å². The molecule has 0 spiro atoms. The lowest BCUT2D eigenvalue weighted by atomic mass is 9.79. The summed E-state index contributed by atoms with van der Waals surface area (Å²) in [6.45, 7) is 0. The molecule has 57 heavy (non-hydrogen) atoms. The molecule has 1 heteroatoms. The lowest BCUT2D eigenvalue weighted by molar-refractivity contribution is 0.640. The molecule has 0 aliphatic heterocycles. The van der Waals surface area contributed by atoms with E-state index in [0.717, 1.165) is 12.8 Å². The van der Waals surface area contributed by atoms with Crippen LogP contribution >= 0.6 is 0 Å². The molecule has 0 fully saturated rings. The van der Waals surface area contributed by atoms with Gasteiger partial charge in [0.1, 0.15) is 0 Å². The first-order valence-corrected chi connectivity index (χ1v) is 20.2. The fourth-order valence-corrected chi connectivity index (χ4v) is 9.56. The lowest BCUT2D eigenvalue weighted by Crippen LogP contribution is -2.38. The van der Waals surface area contributed by atoms with Crippen LogP contribution in [0.4, 0.5) is 11.4 Å². The van der Waals surface area contributed by atoms with E-state index in [2.05, 4.69) is 217 Å². The van der Waals surface area contributed by atoms with Crippen molar-refractivity contribution in [1.82, 2.24) is 0 Å². The summed E-state index contributed by atoms with van der Waals surface area (Å²) in [6, 6.07) is 64.9. The Labute approximate surface area is 333 Å². The SMILES string of the molecule is C1=CC(C2C=C(c3cc4ccc5ccccc5c4c4ccccc34)C=CC2N(c2ccc3c(ccc4ccccc43)c2)c2ccccc2-c2ccccc2)=CCC1. The topological polar surface area (TPSA) is 3.24 Å². The zero-order valence-corrected chi connectivity index (χ0v) is 31.7. The summed E-state index contributed by atoms with van der Waals surface area (Å²) >= 11 is 0. The van der Waals surface area contributed by atoms with Crippen LogP contribution in [-0.4, -0.2) is 6.04 Å². The molecule has 2 aliphatic rings. The van der Waals surface area contributed by atoms with E-state index in [1.807, 2.05) is 0 Å². The Morgan fingerprint density at radius 3 is 1.95 bits per heavy atom. The number of nitrogens with zero attached hydrogens (tertiary/aromatic N) is 1. The summed E-state index contributed by atoms with van der Waals surface area (Å²) in [4.78, 5) is 2.61. The zero-order valence-electron chi connectivity index (χ0n) is 31.7. The van der Waals surface area contributed by atoms with Crippen molar-refractivity contribution in [2.75, 3.05) is 4.90 Å². The Morgan fingerprint density at radius 2 is 1.12 bits per heavy atom. The number of benzene rings is 9. The molecule has 1 nitrogen and oxygen atoms in total. The predicted molar refractivity (Wildman–Crippen MR) is 245 cm³/mol. The molecule has 0 saturated heterocycles. The van der Waals surface area contributed by atoms with Gasteiger partial charge in [0.2, 0.25) is 0 Å². The summed E-state index contributed by atoms with van der Waals surface area (Å²) in [5.74, 6) is 0.101. The Morgan fingerprint density at radius 1 is 0.456 bits per heavy atom.